The van der Waals surface area contributed by atoms with E-state index in [1.807, 2.05) is 32.9 Å². The molecule has 70 valence electrons. The molecular weight excluding hydrogens is 164 g/mol. The summed E-state index contributed by atoms with van der Waals surface area (Å²) in [7, 11) is 0. The summed E-state index contributed by atoms with van der Waals surface area (Å²) in [6.45, 7) is 5.97. The van der Waals surface area contributed by atoms with Crippen LogP contribution in [0.1, 0.15) is 19.5 Å². The first-order chi connectivity index (χ1) is 6.29. The molecule has 4 nitrogen and oxygen atoms in total. The van der Waals surface area contributed by atoms with Gasteiger partial charge in [0.05, 0.1) is 0 Å². The Kier molecular flexibility index (Phi) is 2.84. The minimum absolute atomic E-state index is 0.521. The Balaban J connectivity index is 0.000000396. The molecule has 0 aliphatic rings. The molecule has 2 N–H and O–H groups in total. The van der Waals surface area contributed by atoms with Crippen LogP contribution in [-0.2, 0) is 0 Å². The second-order valence-electron chi connectivity index (χ2n) is 2.42. The highest BCUT2D eigenvalue weighted by Gasteiger charge is 2.00. The lowest BCUT2D eigenvalue weighted by Gasteiger charge is -1.96. The average molecular weight is 178 g/mol. The van der Waals surface area contributed by atoms with Crippen LogP contribution in [0.5, 0.6) is 0 Å². The predicted octanol–water partition coefficient (Wildman–Crippen LogP) is 1.65. The molecule has 13 heavy (non-hydrogen) atoms. The molecule has 2 aromatic rings. The van der Waals surface area contributed by atoms with Crippen LogP contribution in [0.2, 0.25) is 0 Å². The van der Waals surface area contributed by atoms with E-state index < -0.39 is 0 Å². The molecule has 2 rings (SSSR count). The zero-order valence-corrected chi connectivity index (χ0v) is 8.15. The molecule has 2 heterocycles. The Hall–Kier alpha value is -1.58. The Morgan fingerprint density at radius 2 is 2.00 bits per heavy atom. The number of aryl methyl sites for hydroxylation is 1. The molecule has 0 aliphatic heterocycles. The van der Waals surface area contributed by atoms with E-state index in [4.69, 9.17) is 5.73 Å². The standard InChI is InChI=1S/C7H8N4.C2H6/c1-5-2-3-6-7(8)9-4-10-11(5)6;1-2/h2-4H,1H3,(H2,8,9,10);1-2H3. The summed E-state index contributed by atoms with van der Waals surface area (Å²) in [6, 6.07) is 3.87. The van der Waals surface area contributed by atoms with Crippen molar-refractivity contribution in [3.05, 3.63) is 24.2 Å². The van der Waals surface area contributed by atoms with Crippen molar-refractivity contribution in [1.29, 1.82) is 0 Å². The van der Waals surface area contributed by atoms with Crippen molar-refractivity contribution in [2.45, 2.75) is 20.8 Å². The Morgan fingerprint density at radius 1 is 1.31 bits per heavy atom. The summed E-state index contributed by atoms with van der Waals surface area (Å²) < 4.78 is 1.77. The first-order valence-corrected chi connectivity index (χ1v) is 4.34. The molecule has 0 aromatic carbocycles. The predicted molar refractivity (Wildman–Crippen MR) is 53.5 cm³/mol. The van der Waals surface area contributed by atoms with Gasteiger partial charge in [-0.1, -0.05) is 13.8 Å². The Morgan fingerprint density at radius 3 is 2.62 bits per heavy atom. The van der Waals surface area contributed by atoms with Crippen molar-refractivity contribution in [1.82, 2.24) is 14.6 Å². The Bertz CT molecular complexity index is 391. The van der Waals surface area contributed by atoms with Gasteiger partial charge in [0.25, 0.3) is 0 Å². The van der Waals surface area contributed by atoms with E-state index in [2.05, 4.69) is 10.1 Å². The van der Waals surface area contributed by atoms with Crippen LogP contribution in [0.3, 0.4) is 0 Å². The maximum absolute atomic E-state index is 5.60. The van der Waals surface area contributed by atoms with Crippen LogP contribution in [0, 0.1) is 6.92 Å². The number of aromatic nitrogens is 3. The second kappa shape index (κ2) is 3.89. The molecule has 0 unspecified atom stereocenters. The first kappa shape index (κ1) is 9.51. The molecule has 2 aromatic heterocycles. The summed E-state index contributed by atoms with van der Waals surface area (Å²) in [4.78, 5) is 3.87. The molecule has 0 radical (unpaired) electrons. The number of hydrogen-bond donors (Lipinski definition) is 1. The second-order valence-corrected chi connectivity index (χ2v) is 2.42. The molecule has 4 heteroatoms. The summed E-state index contributed by atoms with van der Waals surface area (Å²) >= 11 is 0. The number of nitrogens with zero attached hydrogens (tertiary/aromatic N) is 3. The molecule has 0 aliphatic carbocycles. The van der Waals surface area contributed by atoms with E-state index in [-0.39, 0.29) is 0 Å². The van der Waals surface area contributed by atoms with Gasteiger partial charge in [-0.05, 0) is 19.1 Å². The summed E-state index contributed by atoms with van der Waals surface area (Å²) in [5, 5.41) is 4.03. The van der Waals surface area contributed by atoms with Crippen molar-refractivity contribution < 1.29 is 0 Å². The van der Waals surface area contributed by atoms with E-state index in [0.29, 0.717) is 5.82 Å². The summed E-state index contributed by atoms with van der Waals surface area (Å²) in [6.07, 6.45) is 1.45. The van der Waals surface area contributed by atoms with E-state index in [0.717, 1.165) is 11.2 Å². The molecule has 0 saturated carbocycles. The van der Waals surface area contributed by atoms with Gasteiger partial charge in [-0.3, -0.25) is 0 Å². The lowest BCUT2D eigenvalue weighted by molar-refractivity contribution is 0.875. The van der Waals surface area contributed by atoms with Crippen LogP contribution < -0.4 is 5.73 Å². The summed E-state index contributed by atoms with van der Waals surface area (Å²) in [5.74, 6) is 0.521. The highest BCUT2D eigenvalue weighted by Crippen LogP contribution is 2.11. The van der Waals surface area contributed by atoms with E-state index in [1.54, 1.807) is 4.52 Å². The van der Waals surface area contributed by atoms with Crippen LogP contribution in [0.15, 0.2) is 18.5 Å². The Labute approximate surface area is 77.4 Å². The minimum atomic E-state index is 0.521. The fraction of sp³-hybridized carbons (Fsp3) is 0.333. The van der Waals surface area contributed by atoms with Gasteiger partial charge in [0.15, 0.2) is 5.82 Å². The van der Waals surface area contributed by atoms with Gasteiger partial charge in [-0.15, -0.1) is 0 Å². The highest BCUT2D eigenvalue weighted by atomic mass is 15.2. The molecule has 0 saturated heterocycles. The van der Waals surface area contributed by atoms with Gasteiger partial charge >= 0.3 is 0 Å². The first-order valence-electron chi connectivity index (χ1n) is 4.34. The maximum Gasteiger partial charge on any atom is 0.151 e. The minimum Gasteiger partial charge on any atom is -0.382 e. The summed E-state index contributed by atoms with van der Waals surface area (Å²) in [5.41, 5.74) is 7.53. The van der Waals surface area contributed by atoms with Crippen LogP contribution in [0.25, 0.3) is 5.52 Å². The lowest BCUT2D eigenvalue weighted by Crippen LogP contribution is -1.99. The van der Waals surface area contributed by atoms with Crippen LogP contribution >= 0.6 is 0 Å². The zero-order valence-electron chi connectivity index (χ0n) is 8.15. The van der Waals surface area contributed by atoms with E-state index in [1.165, 1.54) is 6.33 Å². The number of hydrogen-bond acceptors (Lipinski definition) is 3. The monoisotopic (exact) mass is 178 g/mol. The van der Waals surface area contributed by atoms with Gasteiger partial charge in [-0.2, -0.15) is 5.10 Å². The number of anilines is 1. The van der Waals surface area contributed by atoms with E-state index in [9.17, 15) is 0 Å². The van der Waals surface area contributed by atoms with Crippen molar-refractivity contribution in [3.8, 4) is 0 Å². The lowest BCUT2D eigenvalue weighted by atomic mass is 10.5. The molecule has 0 spiro atoms. The van der Waals surface area contributed by atoms with Crippen LogP contribution in [0.4, 0.5) is 5.82 Å². The molecule has 0 atom stereocenters. The van der Waals surface area contributed by atoms with Gasteiger partial charge in [0, 0.05) is 5.69 Å². The molecule has 0 bridgehead atoms. The number of rotatable bonds is 0. The molecule has 0 fully saturated rings. The topological polar surface area (TPSA) is 56.2 Å². The normalized spacial score (nSPS) is 9.46. The fourth-order valence-corrected chi connectivity index (χ4v) is 1.08. The van der Waals surface area contributed by atoms with Crippen LogP contribution in [-0.4, -0.2) is 14.6 Å². The SMILES string of the molecule is CC.Cc1ccc2c(N)ncnn12. The number of nitrogen functional groups attached to an aromatic ring is 1. The molecular formula is C9H14N4. The fourth-order valence-electron chi connectivity index (χ4n) is 1.08. The zero-order chi connectivity index (χ0) is 9.84. The number of fused-ring (bicyclic) bond motifs is 1. The smallest absolute Gasteiger partial charge is 0.151 e. The number of nitrogens with two attached hydrogens (primary N) is 1. The van der Waals surface area contributed by atoms with Gasteiger partial charge in [0.1, 0.15) is 11.8 Å². The third-order valence-electron chi connectivity index (χ3n) is 1.67. The van der Waals surface area contributed by atoms with Crippen molar-refractivity contribution in [3.63, 3.8) is 0 Å². The quantitative estimate of drug-likeness (QED) is 0.667. The van der Waals surface area contributed by atoms with Gasteiger partial charge in [0.2, 0.25) is 0 Å². The average Bonchev–Trinajstić information content (AvgIpc) is 2.53. The largest absolute Gasteiger partial charge is 0.382 e. The van der Waals surface area contributed by atoms with Crippen molar-refractivity contribution in [2.75, 3.05) is 5.73 Å². The van der Waals surface area contributed by atoms with Crippen molar-refractivity contribution >= 4 is 11.3 Å². The highest BCUT2D eigenvalue weighted by molar-refractivity contribution is 5.65. The van der Waals surface area contributed by atoms with Gasteiger partial charge < -0.3 is 5.73 Å². The van der Waals surface area contributed by atoms with Gasteiger partial charge in [-0.25, -0.2) is 9.50 Å². The third-order valence-corrected chi connectivity index (χ3v) is 1.67. The maximum atomic E-state index is 5.60. The molecule has 0 amide bonds. The third kappa shape index (κ3) is 1.61. The van der Waals surface area contributed by atoms with E-state index >= 15 is 0 Å². The van der Waals surface area contributed by atoms with Crippen molar-refractivity contribution in [2.24, 2.45) is 0 Å².